The summed E-state index contributed by atoms with van der Waals surface area (Å²) in [7, 11) is 0. The van der Waals surface area contributed by atoms with E-state index in [1.165, 1.54) is 12.8 Å². The number of nitrogens with one attached hydrogen (secondary N) is 2. The zero-order valence-electron chi connectivity index (χ0n) is 9.96. The highest BCUT2D eigenvalue weighted by Crippen LogP contribution is 2.15. The highest BCUT2D eigenvalue weighted by atomic mass is 15.1. The topological polar surface area (TPSA) is 40.7 Å². The molecule has 0 aliphatic rings. The lowest BCUT2D eigenvalue weighted by molar-refractivity contribution is 0.619. The molecular weight excluding hydrogens is 198 g/mol. The van der Waals surface area contributed by atoms with Crippen LogP contribution in [0, 0.1) is 0 Å². The first-order valence-electron chi connectivity index (χ1n) is 6.04. The van der Waals surface area contributed by atoms with Gasteiger partial charge in [0.1, 0.15) is 0 Å². The zero-order valence-corrected chi connectivity index (χ0v) is 9.96. The highest BCUT2D eigenvalue weighted by molar-refractivity contribution is 5.77. The summed E-state index contributed by atoms with van der Waals surface area (Å²) in [6.07, 6.45) is 3.52. The van der Waals surface area contributed by atoms with Crippen molar-refractivity contribution in [1.82, 2.24) is 9.97 Å². The standard InChI is InChI=1S/C13H19N3/c1-3-7-10(4-2)14-13-15-11-8-5-6-9-12(11)16-13/h5-6,8-10H,3-4,7H2,1-2H3,(H2,14,15,16). The Labute approximate surface area is 96.3 Å². The summed E-state index contributed by atoms with van der Waals surface area (Å²) < 4.78 is 0. The molecule has 2 N–H and O–H groups in total. The Morgan fingerprint density at radius 1 is 1.31 bits per heavy atom. The SMILES string of the molecule is CCCC(CC)Nc1nc2ccccc2[nH]1. The summed E-state index contributed by atoms with van der Waals surface area (Å²) in [5.41, 5.74) is 2.12. The van der Waals surface area contributed by atoms with Crippen LogP contribution in [-0.2, 0) is 0 Å². The number of hydrogen-bond acceptors (Lipinski definition) is 2. The second kappa shape index (κ2) is 5.01. The number of nitrogens with zero attached hydrogens (tertiary/aromatic N) is 1. The summed E-state index contributed by atoms with van der Waals surface area (Å²) >= 11 is 0. The first-order valence-corrected chi connectivity index (χ1v) is 6.04. The molecule has 0 radical (unpaired) electrons. The Kier molecular flexibility index (Phi) is 3.44. The maximum atomic E-state index is 4.52. The van der Waals surface area contributed by atoms with E-state index < -0.39 is 0 Å². The quantitative estimate of drug-likeness (QED) is 0.804. The average Bonchev–Trinajstić information content (AvgIpc) is 2.70. The molecule has 1 aromatic carbocycles. The number of imidazole rings is 1. The second-order valence-electron chi connectivity index (χ2n) is 4.14. The van der Waals surface area contributed by atoms with Gasteiger partial charge in [0.05, 0.1) is 11.0 Å². The van der Waals surface area contributed by atoms with Crippen LogP contribution in [0.15, 0.2) is 24.3 Å². The molecule has 1 aromatic heterocycles. The fraction of sp³-hybridized carbons (Fsp3) is 0.462. The zero-order chi connectivity index (χ0) is 11.4. The Bertz CT molecular complexity index is 414. The van der Waals surface area contributed by atoms with Gasteiger partial charge in [0.25, 0.3) is 0 Å². The van der Waals surface area contributed by atoms with Crippen LogP contribution in [0.2, 0.25) is 0 Å². The molecule has 0 saturated heterocycles. The fourth-order valence-electron chi connectivity index (χ4n) is 1.94. The molecule has 16 heavy (non-hydrogen) atoms. The predicted molar refractivity (Wildman–Crippen MR) is 68.7 cm³/mol. The van der Waals surface area contributed by atoms with Crippen molar-refractivity contribution in [1.29, 1.82) is 0 Å². The number of para-hydroxylation sites is 2. The molecule has 0 bridgehead atoms. The van der Waals surface area contributed by atoms with Crippen LogP contribution in [0.25, 0.3) is 11.0 Å². The third-order valence-electron chi connectivity index (χ3n) is 2.86. The van der Waals surface area contributed by atoms with Gasteiger partial charge in [0.15, 0.2) is 0 Å². The fourth-order valence-corrected chi connectivity index (χ4v) is 1.94. The number of fused-ring (bicyclic) bond motifs is 1. The van der Waals surface area contributed by atoms with Gasteiger partial charge in [-0.05, 0) is 25.0 Å². The Morgan fingerprint density at radius 2 is 2.12 bits per heavy atom. The molecular formula is C13H19N3. The maximum Gasteiger partial charge on any atom is 0.201 e. The van der Waals surface area contributed by atoms with Crippen molar-refractivity contribution in [2.75, 3.05) is 5.32 Å². The van der Waals surface area contributed by atoms with E-state index in [2.05, 4.69) is 29.1 Å². The van der Waals surface area contributed by atoms with Crippen molar-refractivity contribution in [3.05, 3.63) is 24.3 Å². The Balaban J connectivity index is 2.14. The monoisotopic (exact) mass is 217 g/mol. The first kappa shape index (κ1) is 11.0. The van der Waals surface area contributed by atoms with Gasteiger partial charge in [-0.1, -0.05) is 32.4 Å². The number of rotatable bonds is 5. The van der Waals surface area contributed by atoms with E-state index in [0.29, 0.717) is 6.04 Å². The van der Waals surface area contributed by atoms with Gasteiger partial charge in [-0.25, -0.2) is 4.98 Å². The lowest BCUT2D eigenvalue weighted by Gasteiger charge is -2.14. The van der Waals surface area contributed by atoms with E-state index in [1.54, 1.807) is 0 Å². The predicted octanol–water partition coefficient (Wildman–Crippen LogP) is 3.55. The molecule has 3 nitrogen and oxygen atoms in total. The Hall–Kier alpha value is -1.51. The van der Waals surface area contributed by atoms with Crippen LogP contribution in [-0.4, -0.2) is 16.0 Å². The molecule has 3 heteroatoms. The molecule has 86 valence electrons. The van der Waals surface area contributed by atoms with Gasteiger partial charge in [0.2, 0.25) is 5.95 Å². The third kappa shape index (κ3) is 2.35. The first-order chi connectivity index (χ1) is 7.83. The van der Waals surface area contributed by atoms with Crippen molar-refractivity contribution in [2.24, 2.45) is 0 Å². The molecule has 2 rings (SSSR count). The highest BCUT2D eigenvalue weighted by Gasteiger charge is 2.07. The van der Waals surface area contributed by atoms with Crippen LogP contribution in [0.4, 0.5) is 5.95 Å². The minimum Gasteiger partial charge on any atom is -0.353 e. The molecule has 0 amide bonds. The van der Waals surface area contributed by atoms with Crippen molar-refractivity contribution < 1.29 is 0 Å². The number of benzene rings is 1. The van der Waals surface area contributed by atoms with Crippen LogP contribution >= 0.6 is 0 Å². The van der Waals surface area contributed by atoms with Gasteiger partial charge in [-0.15, -0.1) is 0 Å². The van der Waals surface area contributed by atoms with Crippen molar-refractivity contribution >= 4 is 17.0 Å². The summed E-state index contributed by atoms with van der Waals surface area (Å²) in [5.74, 6) is 0.890. The van der Waals surface area contributed by atoms with E-state index in [9.17, 15) is 0 Å². The molecule has 2 aromatic rings. The summed E-state index contributed by atoms with van der Waals surface area (Å²) in [4.78, 5) is 7.81. The van der Waals surface area contributed by atoms with Crippen LogP contribution < -0.4 is 5.32 Å². The molecule has 1 heterocycles. The normalized spacial score (nSPS) is 12.9. The lowest BCUT2D eigenvalue weighted by Crippen LogP contribution is -2.18. The number of aromatic amines is 1. The molecule has 0 aliphatic heterocycles. The van der Waals surface area contributed by atoms with E-state index >= 15 is 0 Å². The van der Waals surface area contributed by atoms with Crippen LogP contribution in [0.3, 0.4) is 0 Å². The van der Waals surface area contributed by atoms with E-state index in [4.69, 9.17) is 0 Å². The molecule has 1 unspecified atom stereocenters. The van der Waals surface area contributed by atoms with Gasteiger partial charge in [0, 0.05) is 6.04 Å². The van der Waals surface area contributed by atoms with E-state index in [-0.39, 0.29) is 0 Å². The van der Waals surface area contributed by atoms with E-state index in [1.807, 2.05) is 24.3 Å². The van der Waals surface area contributed by atoms with Crippen LogP contribution in [0.1, 0.15) is 33.1 Å². The maximum absolute atomic E-state index is 4.52. The smallest absolute Gasteiger partial charge is 0.201 e. The lowest BCUT2D eigenvalue weighted by atomic mass is 10.1. The minimum absolute atomic E-state index is 0.519. The van der Waals surface area contributed by atoms with Crippen LogP contribution in [0.5, 0.6) is 0 Å². The molecule has 1 atom stereocenters. The third-order valence-corrected chi connectivity index (χ3v) is 2.86. The summed E-state index contributed by atoms with van der Waals surface area (Å²) in [5, 5.41) is 3.45. The van der Waals surface area contributed by atoms with Crippen molar-refractivity contribution in [2.45, 2.75) is 39.2 Å². The molecule has 0 fully saturated rings. The van der Waals surface area contributed by atoms with E-state index in [0.717, 1.165) is 23.4 Å². The van der Waals surface area contributed by atoms with Crippen molar-refractivity contribution in [3.8, 4) is 0 Å². The number of H-pyrrole nitrogens is 1. The second-order valence-corrected chi connectivity index (χ2v) is 4.14. The average molecular weight is 217 g/mol. The number of hydrogen-bond donors (Lipinski definition) is 2. The summed E-state index contributed by atoms with van der Waals surface area (Å²) in [6, 6.07) is 8.63. The van der Waals surface area contributed by atoms with Gasteiger partial charge in [-0.2, -0.15) is 0 Å². The Morgan fingerprint density at radius 3 is 2.81 bits per heavy atom. The largest absolute Gasteiger partial charge is 0.353 e. The molecule has 0 saturated carbocycles. The molecule has 0 aliphatic carbocycles. The molecule has 0 spiro atoms. The summed E-state index contributed by atoms with van der Waals surface area (Å²) in [6.45, 7) is 4.42. The number of anilines is 1. The van der Waals surface area contributed by atoms with Gasteiger partial charge >= 0.3 is 0 Å². The van der Waals surface area contributed by atoms with Gasteiger partial charge < -0.3 is 10.3 Å². The van der Waals surface area contributed by atoms with Crippen molar-refractivity contribution in [3.63, 3.8) is 0 Å². The van der Waals surface area contributed by atoms with Gasteiger partial charge in [-0.3, -0.25) is 0 Å². The number of aromatic nitrogens is 2. The minimum atomic E-state index is 0.519.